The number of hydrogen-bond acceptors (Lipinski definition) is 5. The summed E-state index contributed by atoms with van der Waals surface area (Å²) in [6, 6.07) is 9.50. The summed E-state index contributed by atoms with van der Waals surface area (Å²) >= 11 is 22.8. The SMILES string of the molecule is CCn1c(SCC(=O)Nc2ccc(Br)c(Cl)c2)nnc1[C@@H](NC(=O)c1ccc(Cl)cc1Cl)C(C)C. The third-order valence-electron chi connectivity index (χ3n) is 5.00. The lowest BCUT2D eigenvalue weighted by molar-refractivity contribution is -0.113. The highest BCUT2D eigenvalue weighted by Crippen LogP contribution is 2.28. The molecule has 0 saturated heterocycles. The van der Waals surface area contributed by atoms with Crippen molar-refractivity contribution in [3.63, 3.8) is 0 Å². The van der Waals surface area contributed by atoms with E-state index >= 15 is 0 Å². The number of thioether (sulfide) groups is 1. The molecule has 2 amide bonds. The largest absolute Gasteiger partial charge is 0.342 e. The molecule has 2 aromatic carbocycles. The number of nitrogens with one attached hydrogen (secondary N) is 2. The van der Waals surface area contributed by atoms with Crippen LogP contribution >= 0.6 is 62.5 Å². The molecule has 1 heterocycles. The molecule has 3 aromatic rings. The Labute approximate surface area is 231 Å². The van der Waals surface area contributed by atoms with E-state index in [1.165, 1.54) is 17.8 Å². The number of halogens is 4. The zero-order chi connectivity index (χ0) is 25.7. The van der Waals surface area contributed by atoms with Crippen LogP contribution in [0, 0.1) is 5.92 Å². The van der Waals surface area contributed by atoms with E-state index in [9.17, 15) is 9.59 Å². The summed E-state index contributed by atoms with van der Waals surface area (Å²) in [4.78, 5) is 25.4. The first-order valence-corrected chi connectivity index (χ1v) is 13.6. The van der Waals surface area contributed by atoms with Gasteiger partial charge in [0.15, 0.2) is 11.0 Å². The second-order valence-electron chi connectivity index (χ2n) is 7.87. The van der Waals surface area contributed by atoms with Crippen LogP contribution in [0.25, 0.3) is 0 Å². The summed E-state index contributed by atoms with van der Waals surface area (Å²) in [5.74, 6) is 0.209. The van der Waals surface area contributed by atoms with Crippen molar-refractivity contribution in [1.82, 2.24) is 20.1 Å². The Hall–Kier alpha value is -1.78. The molecule has 3 rings (SSSR count). The molecule has 0 spiro atoms. The Morgan fingerprint density at radius 1 is 1.09 bits per heavy atom. The Balaban J connectivity index is 1.72. The fraction of sp³-hybridized carbons (Fsp3) is 0.304. The third kappa shape index (κ3) is 7.13. The van der Waals surface area contributed by atoms with Gasteiger partial charge in [-0.25, -0.2) is 0 Å². The Bertz CT molecular complexity index is 1240. The first-order valence-electron chi connectivity index (χ1n) is 10.7. The summed E-state index contributed by atoms with van der Waals surface area (Å²) in [5, 5.41) is 16.3. The van der Waals surface area contributed by atoms with E-state index in [1.807, 2.05) is 25.3 Å². The Kier molecular flexibility index (Phi) is 9.89. The van der Waals surface area contributed by atoms with Crippen molar-refractivity contribution in [1.29, 1.82) is 0 Å². The van der Waals surface area contributed by atoms with Gasteiger partial charge in [-0.15, -0.1) is 10.2 Å². The number of rotatable bonds is 9. The van der Waals surface area contributed by atoms with Crippen LogP contribution in [-0.2, 0) is 11.3 Å². The minimum Gasteiger partial charge on any atom is -0.342 e. The summed E-state index contributed by atoms with van der Waals surface area (Å²) in [7, 11) is 0. The number of amides is 2. The molecule has 0 aliphatic carbocycles. The van der Waals surface area contributed by atoms with Gasteiger partial charge in [-0.2, -0.15) is 0 Å². The highest BCUT2D eigenvalue weighted by atomic mass is 79.9. The molecule has 7 nitrogen and oxygen atoms in total. The zero-order valence-corrected chi connectivity index (χ0v) is 23.8. The van der Waals surface area contributed by atoms with Crippen molar-refractivity contribution in [2.24, 2.45) is 5.92 Å². The monoisotopic (exact) mass is 617 g/mol. The zero-order valence-electron chi connectivity index (χ0n) is 19.1. The molecule has 0 saturated carbocycles. The quantitative estimate of drug-likeness (QED) is 0.255. The molecule has 0 bridgehead atoms. The molecular formula is C23H23BrCl3N5O2S. The second-order valence-corrected chi connectivity index (χ2v) is 10.9. The second kappa shape index (κ2) is 12.5. The lowest BCUT2D eigenvalue weighted by Gasteiger charge is -2.22. The predicted octanol–water partition coefficient (Wildman–Crippen LogP) is 6.88. The molecule has 35 heavy (non-hydrogen) atoms. The van der Waals surface area contributed by atoms with Crippen LogP contribution in [0.4, 0.5) is 5.69 Å². The predicted molar refractivity (Wildman–Crippen MR) is 146 cm³/mol. The smallest absolute Gasteiger partial charge is 0.253 e. The van der Waals surface area contributed by atoms with Gasteiger partial charge < -0.3 is 15.2 Å². The van der Waals surface area contributed by atoms with Gasteiger partial charge in [0.25, 0.3) is 5.91 Å². The van der Waals surface area contributed by atoms with Crippen LogP contribution in [0.5, 0.6) is 0 Å². The van der Waals surface area contributed by atoms with E-state index in [4.69, 9.17) is 34.8 Å². The van der Waals surface area contributed by atoms with Gasteiger partial charge in [-0.05, 0) is 65.2 Å². The number of benzene rings is 2. The third-order valence-corrected chi connectivity index (χ3v) is 7.75. The number of hydrogen-bond donors (Lipinski definition) is 2. The highest BCUT2D eigenvalue weighted by molar-refractivity contribution is 9.10. The fourth-order valence-electron chi connectivity index (χ4n) is 3.26. The highest BCUT2D eigenvalue weighted by Gasteiger charge is 2.27. The normalized spacial score (nSPS) is 12.0. The van der Waals surface area contributed by atoms with Gasteiger partial charge in [0.05, 0.1) is 27.4 Å². The van der Waals surface area contributed by atoms with Crippen LogP contribution in [-0.4, -0.2) is 32.3 Å². The van der Waals surface area contributed by atoms with Crippen LogP contribution in [0.1, 0.15) is 43.0 Å². The van der Waals surface area contributed by atoms with E-state index in [0.29, 0.717) is 38.8 Å². The van der Waals surface area contributed by atoms with Gasteiger partial charge in [-0.3, -0.25) is 9.59 Å². The van der Waals surface area contributed by atoms with Gasteiger partial charge in [0, 0.05) is 21.7 Å². The van der Waals surface area contributed by atoms with Crippen LogP contribution in [0.3, 0.4) is 0 Å². The van der Waals surface area contributed by atoms with Crippen LogP contribution in [0.2, 0.25) is 15.1 Å². The van der Waals surface area contributed by atoms with Crippen LogP contribution in [0.15, 0.2) is 46.0 Å². The van der Waals surface area contributed by atoms with Crippen molar-refractivity contribution >= 4 is 80.0 Å². The lowest BCUT2D eigenvalue weighted by Crippen LogP contribution is -2.34. The summed E-state index contributed by atoms with van der Waals surface area (Å²) < 4.78 is 2.64. The molecule has 1 aromatic heterocycles. The molecule has 1 atom stereocenters. The summed E-state index contributed by atoms with van der Waals surface area (Å²) in [6.45, 7) is 6.48. The van der Waals surface area contributed by atoms with E-state index in [-0.39, 0.29) is 28.5 Å². The van der Waals surface area contributed by atoms with Gasteiger partial charge in [0.2, 0.25) is 5.91 Å². The van der Waals surface area contributed by atoms with E-state index < -0.39 is 6.04 Å². The van der Waals surface area contributed by atoms with Crippen molar-refractivity contribution in [3.05, 3.63) is 67.3 Å². The number of carbonyl (C=O) groups is 2. The summed E-state index contributed by atoms with van der Waals surface area (Å²) in [6.07, 6.45) is 0. The first-order chi connectivity index (χ1) is 16.6. The number of aromatic nitrogens is 3. The molecular weight excluding hydrogens is 597 g/mol. The van der Waals surface area contributed by atoms with Crippen molar-refractivity contribution in [2.75, 3.05) is 11.1 Å². The number of anilines is 1. The Morgan fingerprint density at radius 3 is 2.46 bits per heavy atom. The topological polar surface area (TPSA) is 88.9 Å². The maximum absolute atomic E-state index is 12.9. The molecule has 0 unspecified atom stereocenters. The van der Waals surface area contributed by atoms with Gasteiger partial charge in [-0.1, -0.05) is 60.4 Å². The fourth-order valence-corrected chi connectivity index (χ4v) is 4.99. The minimum absolute atomic E-state index is 0.0165. The number of nitrogens with zero attached hydrogens (tertiary/aromatic N) is 3. The maximum Gasteiger partial charge on any atom is 0.253 e. The van der Waals surface area contributed by atoms with E-state index in [1.54, 1.807) is 30.3 Å². The van der Waals surface area contributed by atoms with Crippen molar-refractivity contribution in [2.45, 2.75) is 38.5 Å². The molecule has 0 aliphatic rings. The molecule has 0 aliphatic heterocycles. The molecule has 12 heteroatoms. The average molecular weight is 620 g/mol. The van der Waals surface area contributed by atoms with Gasteiger partial charge >= 0.3 is 0 Å². The average Bonchev–Trinajstić information content (AvgIpc) is 3.20. The first kappa shape index (κ1) is 27.8. The number of carbonyl (C=O) groups excluding carboxylic acids is 2. The molecule has 0 radical (unpaired) electrons. The van der Waals surface area contributed by atoms with E-state index in [0.717, 1.165) is 4.47 Å². The van der Waals surface area contributed by atoms with E-state index in [2.05, 4.69) is 36.8 Å². The lowest BCUT2D eigenvalue weighted by atomic mass is 10.0. The molecule has 2 N–H and O–H groups in total. The van der Waals surface area contributed by atoms with Crippen molar-refractivity contribution < 1.29 is 9.59 Å². The van der Waals surface area contributed by atoms with Gasteiger partial charge in [0.1, 0.15) is 0 Å². The maximum atomic E-state index is 12.9. The Morgan fingerprint density at radius 2 is 1.83 bits per heavy atom. The standard InChI is InChI=1S/C23H23BrCl3N5O2S/c1-4-32-21(20(12(2)3)29-22(34)15-7-5-13(25)9-17(15)26)30-31-23(32)35-11-19(33)28-14-6-8-16(24)18(27)10-14/h5-10,12,20H,4,11H2,1-3H3,(H,28,33)(H,29,34)/t20-/m0/s1. The summed E-state index contributed by atoms with van der Waals surface area (Å²) in [5.41, 5.74) is 0.925. The minimum atomic E-state index is -0.422. The van der Waals surface area contributed by atoms with Crippen LogP contribution < -0.4 is 10.6 Å². The molecule has 186 valence electrons. The van der Waals surface area contributed by atoms with Crippen molar-refractivity contribution in [3.8, 4) is 0 Å². The molecule has 0 fully saturated rings.